The maximum Gasteiger partial charge on any atom is 0.323 e. The van der Waals surface area contributed by atoms with Gasteiger partial charge in [-0.25, -0.2) is 9.78 Å². The molecule has 0 unspecified atom stereocenters. The molecule has 0 aliphatic carbocycles. The van der Waals surface area contributed by atoms with E-state index >= 15 is 0 Å². The third kappa shape index (κ3) is 4.74. The number of unbranched alkanes of at least 4 members (excludes halogenated alkanes) is 1. The van der Waals surface area contributed by atoms with Crippen LogP contribution in [0.5, 0.6) is 0 Å². The van der Waals surface area contributed by atoms with E-state index in [-0.39, 0.29) is 6.03 Å². The van der Waals surface area contributed by atoms with E-state index < -0.39 is 0 Å². The molecule has 160 valence electrons. The molecule has 0 saturated heterocycles. The Labute approximate surface area is 191 Å². The van der Waals surface area contributed by atoms with E-state index in [2.05, 4.69) is 39.8 Å². The lowest BCUT2D eigenvalue weighted by atomic mass is 10.0. The maximum atomic E-state index is 12.3. The third-order valence-corrected chi connectivity index (χ3v) is 5.97. The van der Waals surface area contributed by atoms with Crippen molar-refractivity contribution >= 4 is 44.6 Å². The van der Waals surface area contributed by atoms with Crippen molar-refractivity contribution < 1.29 is 4.79 Å². The molecular formula is C26H24N4OS. The van der Waals surface area contributed by atoms with Gasteiger partial charge in [0.05, 0.1) is 10.3 Å². The Morgan fingerprint density at radius 1 is 1.12 bits per heavy atom. The van der Waals surface area contributed by atoms with Crippen molar-refractivity contribution in [3.63, 3.8) is 0 Å². The summed E-state index contributed by atoms with van der Waals surface area (Å²) < 4.78 is 1.05. The van der Waals surface area contributed by atoms with Crippen molar-refractivity contribution in [1.29, 1.82) is 0 Å². The first-order chi connectivity index (χ1) is 15.5. The number of nitrogen functional groups attached to an aromatic ring is 1. The van der Waals surface area contributed by atoms with Crippen LogP contribution in [0.4, 0.5) is 22.0 Å². The number of nitrogens with one attached hydrogen (secondary N) is 2. The minimum absolute atomic E-state index is 0.284. The summed E-state index contributed by atoms with van der Waals surface area (Å²) in [6.45, 7) is 4.10. The normalized spacial score (nSPS) is 10.4. The van der Waals surface area contributed by atoms with E-state index in [9.17, 15) is 4.79 Å². The van der Waals surface area contributed by atoms with Gasteiger partial charge >= 0.3 is 6.03 Å². The summed E-state index contributed by atoms with van der Waals surface area (Å²) in [5.41, 5.74) is 11.7. The summed E-state index contributed by atoms with van der Waals surface area (Å²) in [6, 6.07) is 15.1. The lowest BCUT2D eigenvalue weighted by Gasteiger charge is -2.09. The number of anilines is 3. The number of carbonyl (C=O) groups excluding carboxylic acids is 1. The number of urea groups is 1. The fourth-order valence-corrected chi connectivity index (χ4v) is 4.45. The molecule has 2 amide bonds. The van der Waals surface area contributed by atoms with E-state index in [1.807, 2.05) is 55.5 Å². The molecule has 0 saturated carbocycles. The molecule has 5 nitrogen and oxygen atoms in total. The second-order valence-corrected chi connectivity index (χ2v) is 8.37. The van der Waals surface area contributed by atoms with Crippen molar-refractivity contribution in [3.8, 4) is 23.0 Å². The summed E-state index contributed by atoms with van der Waals surface area (Å²) in [7, 11) is 0. The molecule has 0 aliphatic heterocycles. The lowest BCUT2D eigenvalue weighted by molar-refractivity contribution is 0.262. The van der Waals surface area contributed by atoms with Crippen LogP contribution < -0.4 is 16.4 Å². The minimum Gasteiger partial charge on any atom is -0.383 e. The topological polar surface area (TPSA) is 80.0 Å². The number of amides is 2. The number of rotatable bonds is 4. The number of benzene rings is 2. The second-order valence-electron chi connectivity index (χ2n) is 7.49. The van der Waals surface area contributed by atoms with Crippen molar-refractivity contribution in [2.75, 3.05) is 16.4 Å². The van der Waals surface area contributed by atoms with Gasteiger partial charge in [0.15, 0.2) is 0 Å². The summed E-state index contributed by atoms with van der Waals surface area (Å²) in [4.78, 5) is 16.7. The van der Waals surface area contributed by atoms with Gasteiger partial charge in [-0.2, -0.15) is 0 Å². The zero-order valence-corrected chi connectivity index (χ0v) is 18.8. The molecule has 0 bridgehead atoms. The van der Waals surface area contributed by atoms with Gasteiger partial charge in [0, 0.05) is 34.9 Å². The van der Waals surface area contributed by atoms with Gasteiger partial charge in [0.25, 0.3) is 0 Å². The van der Waals surface area contributed by atoms with Crippen LogP contribution in [0.1, 0.15) is 30.9 Å². The molecule has 4 aromatic rings. The number of aryl methyl sites for hydroxylation is 1. The van der Waals surface area contributed by atoms with Crippen LogP contribution >= 0.6 is 11.3 Å². The van der Waals surface area contributed by atoms with Gasteiger partial charge in [-0.1, -0.05) is 43.0 Å². The van der Waals surface area contributed by atoms with Crippen molar-refractivity contribution in [3.05, 3.63) is 71.2 Å². The maximum absolute atomic E-state index is 12.3. The summed E-state index contributed by atoms with van der Waals surface area (Å²) in [5.74, 6) is 6.91. The Bertz CT molecular complexity index is 1330. The fourth-order valence-electron chi connectivity index (χ4n) is 3.40. The molecule has 2 aromatic carbocycles. The zero-order chi connectivity index (χ0) is 22.5. The standard InChI is InChI=1S/C26H24N4OS/c1-3-4-5-8-19-15-28-25(27)23-22(16-32-24(19)23)18-10-12-20(13-11-18)29-26(31)30-21-9-6-7-17(2)14-21/h6-7,9-16H,3-4H2,1-2H3,(H2,27,28)(H2,29,30,31). The number of nitrogens with zero attached hydrogens (tertiary/aromatic N) is 1. The lowest BCUT2D eigenvalue weighted by Crippen LogP contribution is -2.19. The molecule has 4 rings (SSSR count). The number of hydrogen-bond donors (Lipinski definition) is 3. The van der Waals surface area contributed by atoms with Gasteiger partial charge in [-0.05, 0) is 54.1 Å². The fraction of sp³-hybridized carbons (Fsp3) is 0.154. The van der Waals surface area contributed by atoms with Crippen LogP contribution in [0.3, 0.4) is 0 Å². The third-order valence-electron chi connectivity index (χ3n) is 4.95. The predicted molar refractivity (Wildman–Crippen MR) is 135 cm³/mol. The Kier molecular flexibility index (Phi) is 6.39. The minimum atomic E-state index is -0.284. The molecule has 32 heavy (non-hydrogen) atoms. The molecule has 4 N–H and O–H groups in total. The Hall–Kier alpha value is -3.82. The second kappa shape index (κ2) is 9.54. The Morgan fingerprint density at radius 2 is 1.91 bits per heavy atom. The smallest absolute Gasteiger partial charge is 0.323 e. The van der Waals surface area contributed by atoms with E-state index in [1.165, 1.54) is 0 Å². The van der Waals surface area contributed by atoms with Crippen molar-refractivity contribution in [2.45, 2.75) is 26.7 Å². The molecule has 0 aliphatic rings. The first-order valence-corrected chi connectivity index (χ1v) is 11.3. The molecule has 0 atom stereocenters. The SMILES string of the molecule is CCCC#Cc1cnc(N)c2c(-c3ccc(NC(=O)Nc4cccc(C)c4)cc3)csc12. The van der Waals surface area contributed by atoms with Crippen LogP contribution in [-0.2, 0) is 0 Å². The average molecular weight is 441 g/mol. The van der Waals surface area contributed by atoms with Crippen LogP contribution in [0.15, 0.2) is 60.1 Å². The number of thiophene rings is 1. The van der Waals surface area contributed by atoms with Crippen LogP contribution in [-0.4, -0.2) is 11.0 Å². The van der Waals surface area contributed by atoms with Gasteiger partial charge < -0.3 is 16.4 Å². The number of aromatic nitrogens is 1. The van der Waals surface area contributed by atoms with Gasteiger partial charge in [0.1, 0.15) is 5.82 Å². The van der Waals surface area contributed by atoms with E-state index in [4.69, 9.17) is 5.73 Å². The largest absolute Gasteiger partial charge is 0.383 e. The van der Waals surface area contributed by atoms with Gasteiger partial charge in [-0.15, -0.1) is 11.3 Å². The highest BCUT2D eigenvalue weighted by Gasteiger charge is 2.13. The van der Waals surface area contributed by atoms with Crippen molar-refractivity contribution in [1.82, 2.24) is 4.98 Å². The first-order valence-electron chi connectivity index (χ1n) is 10.4. The summed E-state index contributed by atoms with van der Waals surface area (Å²) >= 11 is 1.62. The van der Waals surface area contributed by atoms with Crippen molar-refractivity contribution in [2.24, 2.45) is 0 Å². The zero-order valence-electron chi connectivity index (χ0n) is 18.0. The quantitative estimate of drug-likeness (QED) is 0.311. The first kappa shape index (κ1) is 21.4. The molecule has 6 heteroatoms. The van der Waals surface area contributed by atoms with Gasteiger partial charge in [-0.3, -0.25) is 0 Å². The number of pyridine rings is 1. The average Bonchev–Trinajstić information content (AvgIpc) is 3.22. The molecule has 0 fully saturated rings. The van der Waals surface area contributed by atoms with Crippen LogP contribution in [0.25, 0.3) is 21.2 Å². The monoisotopic (exact) mass is 440 g/mol. The van der Waals surface area contributed by atoms with E-state index in [0.29, 0.717) is 11.5 Å². The highest BCUT2D eigenvalue weighted by atomic mass is 32.1. The number of carbonyl (C=O) groups is 1. The van der Waals surface area contributed by atoms with Crippen LogP contribution in [0.2, 0.25) is 0 Å². The molecule has 2 heterocycles. The molecule has 2 aromatic heterocycles. The highest BCUT2D eigenvalue weighted by Crippen LogP contribution is 2.38. The van der Waals surface area contributed by atoms with E-state index in [1.54, 1.807) is 17.5 Å². The molecule has 0 spiro atoms. The number of nitrogens with two attached hydrogens (primary N) is 1. The summed E-state index contributed by atoms with van der Waals surface area (Å²) in [5, 5.41) is 8.72. The predicted octanol–water partition coefficient (Wildman–Crippen LogP) is 6.65. The summed E-state index contributed by atoms with van der Waals surface area (Å²) in [6.07, 6.45) is 3.63. The Balaban J connectivity index is 1.55. The van der Waals surface area contributed by atoms with Crippen LogP contribution in [0, 0.1) is 18.8 Å². The Morgan fingerprint density at radius 3 is 2.66 bits per heavy atom. The van der Waals surface area contributed by atoms with Gasteiger partial charge in [0.2, 0.25) is 0 Å². The molecule has 0 radical (unpaired) electrons. The number of fused-ring (bicyclic) bond motifs is 1. The molecular weight excluding hydrogens is 416 g/mol. The van der Waals surface area contributed by atoms with E-state index in [0.717, 1.165) is 50.9 Å². The highest BCUT2D eigenvalue weighted by molar-refractivity contribution is 7.18. The number of hydrogen-bond acceptors (Lipinski definition) is 4.